The van der Waals surface area contributed by atoms with Crippen LogP contribution in [0.5, 0.6) is 0 Å². The average molecular weight is 442 g/mol. The van der Waals surface area contributed by atoms with Crippen LogP contribution in [0.15, 0.2) is 10.1 Å². The van der Waals surface area contributed by atoms with Gasteiger partial charge in [-0.15, -0.1) is 10.2 Å². The molecule has 1 amide bonds. The largest absolute Gasteiger partial charge is 0.444 e. The molecule has 172 valence electrons. The zero-order valence-electron chi connectivity index (χ0n) is 19.5. The van der Waals surface area contributed by atoms with E-state index in [1.54, 1.807) is 18.8 Å². The standard InChI is InChI=1S/C20H39N7O2S/c1-15(2)14-27-16(25-26-18(27)30-7)10-8-11-22-17(21-6)23-12-9-13-24-19(28)29-20(3,4)5/h15H,8-14H2,1-7H3,(H,24,28)(H2,21,22,23). The Morgan fingerprint density at radius 2 is 1.77 bits per heavy atom. The maximum atomic E-state index is 11.6. The van der Waals surface area contributed by atoms with Gasteiger partial charge in [-0.05, 0) is 45.8 Å². The molecule has 0 spiro atoms. The number of nitrogens with one attached hydrogen (secondary N) is 3. The van der Waals surface area contributed by atoms with Crippen molar-refractivity contribution in [2.75, 3.05) is 32.9 Å². The van der Waals surface area contributed by atoms with E-state index in [0.717, 1.165) is 49.3 Å². The van der Waals surface area contributed by atoms with Gasteiger partial charge in [0.2, 0.25) is 0 Å². The first kappa shape index (κ1) is 26.1. The fourth-order valence-corrected chi connectivity index (χ4v) is 3.20. The molecule has 10 heteroatoms. The molecule has 1 rings (SSSR count). The Labute approximate surface area is 185 Å². The molecule has 0 saturated carbocycles. The molecule has 1 aromatic rings. The van der Waals surface area contributed by atoms with Crippen molar-refractivity contribution in [1.82, 2.24) is 30.7 Å². The number of aryl methyl sites for hydroxylation is 1. The van der Waals surface area contributed by atoms with Crippen molar-refractivity contribution in [3.63, 3.8) is 0 Å². The van der Waals surface area contributed by atoms with Crippen LogP contribution in [0.25, 0.3) is 0 Å². The summed E-state index contributed by atoms with van der Waals surface area (Å²) in [6.07, 6.45) is 4.22. The van der Waals surface area contributed by atoms with Crippen molar-refractivity contribution >= 4 is 23.8 Å². The fourth-order valence-electron chi connectivity index (χ4n) is 2.68. The lowest BCUT2D eigenvalue weighted by Crippen LogP contribution is -2.39. The summed E-state index contributed by atoms with van der Waals surface area (Å²) < 4.78 is 7.43. The van der Waals surface area contributed by atoms with Gasteiger partial charge in [-0.25, -0.2) is 4.79 Å². The van der Waals surface area contributed by atoms with Crippen LogP contribution >= 0.6 is 11.8 Å². The molecule has 0 fully saturated rings. The molecule has 0 unspecified atom stereocenters. The predicted octanol–water partition coefficient (Wildman–Crippen LogP) is 2.67. The van der Waals surface area contributed by atoms with Crippen molar-refractivity contribution in [3.8, 4) is 0 Å². The van der Waals surface area contributed by atoms with Gasteiger partial charge in [0.15, 0.2) is 11.1 Å². The second-order valence-electron chi connectivity index (χ2n) is 8.42. The minimum Gasteiger partial charge on any atom is -0.444 e. The SMILES string of the molecule is CN=C(NCCCNC(=O)OC(C)(C)C)NCCCc1nnc(SC)n1CC(C)C. The lowest BCUT2D eigenvalue weighted by molar-refractivity contribution is 0.0527. The number of alkyl carbamates (subject to hydrolysis) is 1. The van der Waals surface area contributed by atoms with Gasteiger partial charge < -0.3 is 25.3 Å². The number of rotatable bonds is 11. The molecule has 0 radical (unpaired) electrons. The quantitative estimate of drug-likeness (QED) is 0.210. The maximum absolute atomic E-state index is 11.6. The number of aliphatic imine (C=N–C) groups is 1. The van der Waals surface area contributed by atoms with Crippen LogP contribution in [-0.4, -0.2) is 65.4 Å². The number of hydrogen-bond acceptors (Lipinski definition) is 6. The zero-order valence-corrected chi connectivity index (χ0v) is 20.4. The monoisotopic (exact) mass is 441 g/mol. The van der Waals surface area contributed by atoms with Gasteiger partial charge in [0, 0.05) is 39.6 Å². The summed E-state index contributed by atoms with van der Waals surface area (Å²) in [7, 11) is 1.75. The summed E-state index contributed by atoms with van der Waals surface area (Å²) in [5, 5.41) is 18.9. The van der Waals surface area contributed by atoms with E-state index in [4.69, 9.17) is 4.74 Å². The minimum atomic E-state index is -0.479. The Bertz CT molecular complexity index is 669. The van der Waals surface area contributed by atoms with Crippen LogP contribution in [0, 0.1) is 5.92 Å². The summed E-state index contributed by atoms with van der Waals surface area (Å²) in [5.74, 6) is 2.34. The molecule has 1 aromatic heterocycles. The van der Waals surface area contributed by atoms with Crippen LogP contribution < -0.4 is 16.0 Å². The van der Waals surface area contributed by atoms with Gasteiger partial charge in [-0.2, -0.15) is 0 Å². The highest BCUT2D eigenvalue weighted by molar-refractivity contribution is 7.98. The second-order valence-corrected chi connectivity index (χ2v) is 9.19. The highest BCUT2D eigenvalue weighted by Crippen LogP contribution is 2.16. The average Bonchev–Trinajstić information content (AvgIpc) is 3.02. The molecule has 0 aliphatic carbocycles. The number of hydrogen-bond donors (Lipinski definition) is 3. The van der Waals surface area contributed by atoms with Crippen molar-refractivity contribution in [3.05, 3.63) is 5.82 Å². The number of carbonyl (C=O) groups is 1. The molecule has 0 atom stereocenters. The van der Waals surface area contributed by atoms with Crippen molar-refractivity contribution in [2.24, 2.45) is 10.9 Å². The highest BCUT2D eigenvalue weighted by atomic mass is 32.2. The number of guanidine groups is 1. The first-order valence-corrected chi connectivity index (χ1v) is 11.8. The number of thioether (sulfide) groups is 1. The molecule has 30 heavy (non-hydrogen) atoms. The minimum absolute atomic E-state index is 0.389. The lowest BCUT2D eigenvalue weighted by Gasteiger charge is -2.19. The molecule has 0 aromatic carbocycles. The third kappa shape index (κ3) is 10.7. The molecule has 0 aliphatic heterocycles. The van der Waals surface area contributed by atoms with E-state index in [9.17, 15) is 4.79 Å². The molecule has 0 bridgehead atoms. The van der Waals surface area contributed by atoms with Gasteiger partial charge in [0.1, 0.15) is 11.4 Å². The zero-order chi connectivity index (χ0) is 22.6. The van der Waals surface area contributed by atoms with Gasteiger partial charge in [0.05, 0.1) is 0 Å². The van der Waals surface area contributed by atoms with Gasteiger partial charge in [-0.3, -0.25) is 4.99 Å². The molecular weight excluding hydrogens is 402 g/mol. The molecule has 3 N–H and O–H groups in total. The first-order valence-electron chi connectivity index (χ1n) is 10.5. The van der Waals surface area contributed by atoms with E-state index in [1.165, 1.54) is 0 Å². The van der Waals surface area contributed by atoms with Crippen LogP contribution in [0.2, 0.25) is 0 Å². The summed E-state index contributed by atoms with van der Waals surface area (Å²) in [4.78, 5) is 15.8. The Hall–Kier alpha value is -1.97. The van der Waals surface area contributed by atoms with E-state index in [1.807, 2.05) is 27.0 Å². The van der Waals surface area contributed by atoms with E-state index in [-0.39, 0.29) is 6.09 Å². The number of amides is 1. The number of aromatic nitrogens is 3. The van der Waals surface area contributed by atoms with E-state index < -0.39 is 5.60 Å². The van der Waals surface area contributed by atoms with E-state index in [0.29, 0.717) is 19.0 Å². The topological polar surface area (TPSA) is 105 Å². The summed E-state index contributed by atoms with van der Waals surface area (Å²) in [6, 6.07) is 0. The summed E-state index contributed by atoms with van der Waals surface area (Å²) in [6.45, 7) is 12.9. The number of carbonyl (C=O) groups excluding carboxylic acids is 1. The maximum Gasteiger partial charge on any atom is 0.407 e. The van der Waals surface area contributed by atoms with E-state index in [2.05, 4.69) is 49.6 Å². The van der Waals surface area contributed by atoms with Crippen LogP contribution in [0.1, 0.15) is 53.3 Å². The van der Waals surface area contributed by atoms with Crippen LogP contribution in [0.4, 0.5) is 4.79 Å². The summed E-state index contributed by atoms with van der Waals surface area (Å²) >= 11 is 1.63. The molecule has 0 aliphatic rings. The Morgan fingerprint density at radius 3 is 2.33 bits per heavy atom. The van der Waals surface area contributed by atoms with Crippen molar-refractivity contribution in [2.45, 2.75) is 71.2 Å². The van der Waals surface area contributed by atoms with E-state index >= 15 is 0 Å². The van der Waals surface area contributed by atoms with Crippen LogP contribution in [0.3, 0.4) is 0 Å². The fraction of sp³-hybridized carbons (Fsp3) is 0.800. The van der Waals surface area contributed by atoms with Gasteiger partial charge >= 0.3 is 6.09 Å². The Morgan fingerprint density at radius 1 is 1.13 bits per heavy atom. The second kappa shape index (κ2) is 13.4. The molecule has 0 saturated heterocycles. The smallest absolute Gasteiger partial charge is 0.407 e. The molecule has 1 heterocycles. The highest BCUT2D eigenvalue weighted by Gasteiger charge is 2.15. The Kier molecular flexibility index (Phi) is 11.6. The van der Waals surface area contributed by atoms with Gasteiger partial charge in [-0.1, -0.05) is 25.6 Å². The third-order valence-corrected chi connectivity index (χ3v) is 4.60. The van der Waals surface area contributed by atoms with Crippen molar-refractivity contribution < 1.29 is 9.53 Å². The lowest BCUT2D eigenvalue weighted by atomic mass is 10.2. The van der Waals surface area contributed by atoms with Crippen molar-refractivity contribution in [1.29, 1.82) is 0 Å². The number of nitrogens with zero attached hydrogens (tertiary/aromatic N) is 4. The third-order valence-electron chi connectivity index (χ3n) is 3.93. The molecular formula is C20H39N7O2S. The number of ether oxygens (including phenoxy) is 1. The van der Waals surface area contributed by atoms with Gasteiger partial charge in [0.25, 0.3) is 0 Å². The molecule has 9 nitrogen and oxygen atoms in total. The predicted molar refractivity (Wildman–Crippen MR) is 123 cm³/mol. The Balaban J connectivity index is 2.26. The first-order chi connectivity index (χ1) is 14.2. The summed E-state index contributed by atoms with van der Waals surface area (Å²) in [5.41, 5.74) is -0.479. The normalized spacial score (nSPS) is 12.2. The van der Waals surface area contributed by atoms with Crippen LogP contribution in [-0.2, 0) is 17.7 Å².